The van der Waals surface area contributed by atoms with Crippen LogP contribution in [0.25, 0.3) is 11.1 Å². The number of hydrogen-bond acceptors (Lipinski definition) is 3. The summed E-state index contributed by atoms with van der Waals surface area (Å²) in [7, 11) is 1.60. The van der Waals surface area contributed by atoms with Gasteiger partial charge in [0.15, 0.2) is 0 Å². The Hall–Kier alpha value is -2.16. The van der Waals surface area contributed by atoms with Crippen molar-refractivity contribution >= 4 is 0 Å². The van der Waals surface area contributed by atoms with Gasteiger partial charge in [0.05, 0.1) is 7.11 Å². The summed E-state index contributed by atoms with van der Waals surface area (Å²) < 4.78 is 5.05. The summed E-state index contributed by atoms with van der Waals surface area (Å²) in [5.74, 6) is 1.02. The lowest BCUT2D eigenvalue weighted by atomic mass is 10.0. The Morgan fingerprint density at radius 1 is 0.938 bits per heavy atom. The van der Waals surface area contributed by atoms with Crippen LogP contribution in [0.4, 0.5) is 0 Å². The average molecular weight is 216 g/mol. The van der Waals surface area contributed by atoms with Crippen LogP contribution < -0.4 is 4.74 Å². The van der Waals surface area contributed by atoms with Gasteiger partial charge in [0, 0.05) is 5.56 Å². The highest BCUT2D eigenvalue weighted by Gasteiger charge is 2.05. The molecule has 2 aromatic carbocycles. The summed E-state index contributed by atoms with van der Waals surface area (Å²) >= 11 is 0. The molecule has 3 heteroatoms. The maximum Gasteiger partial charge on any atom is 0.123 e. The van der Waals surface area contributed by atoms with Gasteiger partial charge < -0.3 is 14.9 Å². The molecule has 0 aliphatic heterocycles. The van der Waals surface area contributed by atoms with E-state index in [0.29, 0.717) is 5.56 Å². The summed E-state index contributed by atoms with van der Waals surface area (Å²) in [6.45, 7) is 0. The van der Waals surface area contributed by atoms with Crippen LogP contribution in [0.5, 0.6) is 17.2 Å². The van der Waals surface area contributed by atoms with Gasteiger partial charge in [-0.05, 0) is 35.9 Å². The molecule has 0 unspecified atom stereocenters. The quantitative estimate of drug-likeness (QED) is 0.759. The van der Waals surface area contributed by atoms with Crippen LogP contribution in [-0.4, -0.2) is 17.3 Å². The standard InChI is InChI=1S/C13H12O3/c1-16-11-5-2-9(3-6-11)12-8-10(14)4-7-13(12)15/h2-8,14-15H,1H3. The van der Waals surface area contributed by atoms with Gasteiger partial charge in [-0.25, -0.2) is 0 Å². The average Bonchev–Trinajstić information content (AvgIpc) is 2.32. The van der Waals surface area contributed by atoms with Gasteiger partial charge in [-0.15, -0.1) is 0 Å². The van der Waals surface area contributed by atoms with E-state index in [2.05, 4.69) is 0 Å². The van der Waals surface area contributed by atoms with Crippen LogP contribution in [0.1, 0.15) is 0 Å². The first kappa shape index (κ1) is 10.4. The van der Waals surface area contributed by atoms with E-state index in [4.69, 9.17) is 4.74 Å². The van der Waals surface area contributed by atoms with Crippen LogP contribution in [0, 0.1) is 0 Å². The third kappa shape index (κ3) is 1.93. The molecule has 0 bridgehead atoms. The van der Waals surface area contributed by atoms with Crippen LogP contribution in [0.15, 0.2) is 42.5 Å². The van der Waals surface area contributed by atoms with Crippen LogP contribution in [0.2, 0.25) is 0 Å². The number of rotatable bonds is 2. The molecule has 2 aromatic rings. The van der Waals surface area contributed by atoms with Gasteiger partial charge >= 0.3 is 0 Å². The van der Waals surface area contributed by atoms with Gasteiger partial charge in [-0.3, -0.25) is 0 Å². The lowest BCUT2D eigenvalue weighted by molar-refractivity contribution is 0.415. The third-order valence-electron chi connectivity index (χ3n) is 2.38. The van der Waals surface area contributed by atoms with Crippen LogP contribution >= 0.6 is 0 Å². The second-order valence-electron chi connectivity index (χ2n) is 3.43. The minimum Gasteiger partial charge on any atom is -0.508 e. The molecule has 0 amide bonds. The van der Waals surface area contributed by atoms with E-state index in [-0.39, 0.29) is 11.5 Å². The minimum atomic E-state index is 0.128. The van der Waals surface area contributed by atoms with Gasteiger partial charge in [-0.1, -0.05) is 12.1 Å². The van der Waals surface area contributed by atoms with Crippen LogP contribution in [-0.2, 0) is 0 Å². The Morgan fingerprint density at radius 2 is 1.62 bits per heavy atom. The predicted molar refractivity (Wildman–Crippen MR) is 61.8 cm³/mol. The maximum atomic E-state index is 9.67. The molecule has 0 radical (unpaired) electrons. The molecule has 2 N–H and O–H groups in total. The molecule has 0 atom stereocenters. The molecular formula is C13H12O3. The summed E-state index contributed by atoms with van der Waals surface area (Å²) in [5.41, 5.74) is 1.43. The largest absolute Gasteiger partial charge is 0.508 e. The normalized spacial score (nSPS) is 10.1. The fourth-order valence-electron chi connectivity index (χ4n) is 1.53. The van der Waals surface area contributed by atoms with E-state index >= 15 is 0 Å². The predicted octanol–water partition coefficient (Wildman–Crippen LogP) is 2.77. The molecule has 0 saturated carbocycles. The zero-order valence-corrected chi connectivity index (χ0v) is 8.84. The number of hydrogen-bond donors (Lipinski definition) is 2. The van der Waals surface area contributed by atoms with E-state index < -0.39 is 0 Å². The van der Waals surface area contributed by atoms with Crippen molar-refractivity contribution in [1.82, 2.24) is 0 Å². The molecule has 82 valence electrons. The number of phenolic OH excluding ortho intramolecular Hbond substituents is 2. The van der Waals surface area contributed by atoms with Gasteiger partial charge in [0.1, 0.15) is 17.2 Å². The first-order valence-corrected chi connectivity index (χ1v) is 4.87. The van der Waals surface area contributed by atoms with E-state index in [0.717, 1.165) is 11.3 Å². The van der Waals surface area contributed by atoms with Crippen molar-refractivity contribution in [2.24, 2.45) is 0 Å². The van der Waals surface area contributed by atoms with Gasteiger partial charge in [-0.2, -0.15) is 0 Å². The van der Waals surface area contributed by atoms with E-state index in [1.165, 1.54) is 18.2 Å². The second-order valence-corrected chi connectivity index (χ2v) is 3.43. The topological polar surface area (TPSA) is 49.7 Å². The van der Waals surface area contributed by atoms with Crippen molar-refractivity contribution in [2.75, 3.05) is 7.11 Å². The molecule has 0 saturated heterocycles. The smallest absolute Gasteiger partial charge is 0.123 e. The molecule has 0 aliphatic carbocycles. The summed E-state index contributed by atoms with van der Waals surface area (Å²) in [6.07, 6.45) is 0. The van der Waals surface area contributed by atoms with Crippen molar-refractivity contribution < 1.29 is 14.9 Å². The lowest BCUT2D eigenvalue weighted by Gasteiger charge is -2.06. The maximum absolute atomic E-state index is 9.67. The van der Waals surface area contributed by atoms with Crippen molar-refractivity contribution in [1.29, 1.82) is 0 Å². The van der Waals surface area contributed by atoms with Crippen molar-refractivity contribution in [3.05, 3.63) is 42.5 Å². The fourth-order valence-corrected chi connectivity index (χ4v) is 1.53. The molecule has 3 nitrogen and oxygen atoms in total. The molecule has 16 heavy (non-hydrogen) atoms. The highest BCUT2D eigenvalue weighted by atomic mass is 16.5. The summed E-state index contributed by atoms with van der Waals surface area (Å²) in [6, 6.07) is 11.7. The number of methoxy groups -OCH3 is 1. The molecule has 0 aliphatic rings. The number of ether oxygens (including phenoxy) is 1. The number of phenols is 2. The Labute approximate surface area is 93.6 Å². The molecular weight excluding hydrogens is 204 g/mol. The minimum absolute atomic E-state index is 0.128. The molecule has 0 fully saturated rings. The monoisotopic (exact) mass is 216 g/mol. The van der Waals surface area contributed by atoms with E-state index in [9.17, 15) is 10.2 Å². The number of benzene rings is 2. The lowest BCUT2D eigenvalue weighted by Crippen LogP contribution is -1.83. The van der Waals surface area contributed by atoms with Crippen LogP contribution in [0.3, 0.4) is 0 Å². The molecule has 2 rings (SSSR count). The molecule has 0 aromatic heterocycles. The zero-order valence-electron chi connectivity index (χ0n) is 8.84. The third-order valence-corrected chi connectivity index (χ3v) is 2.38. The SMILES string of the molecule is COc1ccc(-c2cc(O)ccc2O)cc1. The fraction of sp³-hybridized carbons (Fsp3) is 0.0769. The second kappa shape index (κ2) is 4.14. The Balaban J connectivity index is 2.45. The highest BCUT2D eigenvalue weighted by Crippen LogP contribution is 2.32. The van der Waals surface area contributed by atoms with Gasteiger partial charge in [0.25, 0.3) is 0 Å². The Morgan fingerprint density at radius 3 is 2.25 bits per heavy atom. The van der Waals surface area contributed by atoms with Crippen molar-refractivity contribution in [3.8, 4) is 28.4 Å². The van der Waals surface area contributed by atoms with Gasteiger partial charge in [0.2, 0.25) is 0 Å². The molecule has 0 spiro atoms. The summed E-state index contributed by atoms with van der Waals surface area (Å²) in [5, 5.41) is 19.0. The van der Waals surface area contributed by atoms with E-state index in [1.807, 2.05) is 12.1 Å². The Bertz CT molecular complexity index is 489. The Kier molecular flexibility index (Phi) is 2.68. The van der Waals surface area contributed by atoms with E-state index in [1.54, 1.807) is 19.2 Å². The molecule has 0 heterocycles. The zero-order chi connectivity index (χ0) is 11.5. The van der Waals surface area contributed by atoms with Crippen molar-refractivity contribution in [3.63, 3.8) is 0 Å². The number of aromatic hydroxyl groups is 2. The first-order chi connectivity index (χ1) is 7.70. The first-order valence-electron chi connectivity index (χ1n) is 4.87. The summed E-state index contributed by atoms with van der Waals surface area (Å²) in [4.78, 5) is 0. The highest BCUT2D eigenvalue weighted by molar-refractivity contribution is 5.71. The van der Waals surface area contributed by atoms with Crippen molar-refractivity contribution in [2.45, 2.75) is 0 Å².